The number of sulfonamides is 1. The molecule has 0 saturated heterocycles. The van der Waals surface area contributed by atoms with Crippen LogP contribution in [0, 0.1) is 13.8 Å². The minimum atomic E-state index is -3.81. The summed E-state index contributed by atoms with van der Waals surface area (Å²) < 4.78 is 37.8. The molecule has 25 heavy (non-hydrogen) atoms. The van der Waals surface area contributed by atoms with E-state index >= 15 is 0 Å². The third-order valence-corrected chi connectivity index (χ3v) is 6.92. The van der Waals surface area contributed by atoms with Crippen LogP contribution in [0.15, 0.2) is 21.4 Å². The second-order valence-electron chi connectivity index (χ2n) is 4.86. The highest BCUT2D eigenvalue weighted by Gasteiger charge is 2.21. The minimum absolute atomic E-state index is 0.0780. The minimum Gasteiger partial charge on any atom is -0.496 e. The topological polar surface area (TPSA) is 107 Å². The van der Waals surface area contributed by atoms with Gasteiger partial charge in [-0.05, 0) is 37.1 Å². The van der Waals surface area contributed by atoms with Gasteiger partial charge in [0.1, 0.15) is 5.75 Å². The first-order chi connectivity index (χ1) is 11.8. The van der Waals surface area contributed by atoms with E-state index in [1.807, 2.05) is 0 Å². The van der Waals surface area contributed by atoms with Crippen molar-refractivity contribution in [1.29, 1.82) is 0 Å². The van der Waals surface area contributed by atoms with Crippen LogP contribution >= 0.6 is 23.1 Å². The zero-order valence-corrected chi connectivity index (χ0v) is 16.5. The number of esters is 1. The second kappa shape index (κ2) is 8.02. The Morgan fingerprint density at radius 1 is 1.24 bits per heavy atom. The van der Waals surface area contributed by atoms with Crippen molar-refractivity contribution in [3.63, 3.8) is 0 Å². The van der Waals surface area contributed by atoms with E-state index in [0.717, 1.165) is 28.7 Å². The molecule has 0 fully saturated rings. The molecule has 0 radical (unpaired) electrons. The molecular formula is C14H17N3O5S3. The number of rotatable bonds is 7. The van der Waals surface area contributed by atoms with Crippen molar-refractivity contribution in [1.82, 2.24) is 10.2 Å². The Hall–Kier alpha value is -1.85. The molecule has 11 heteroatoms. The Kier molecular flexibility index (Phi) is 6.25. The summed E-state index contributed by atoms with van der Waals surface area (Å²) in [4.78, 5) is 11.3. The Bertz CT molecular complexity index is 880. The van der Waals surface area contributed by atoms with Crippen molar-refractivity contribution in [2.75, 3.05) is 24.7 Å². The maximum absolute atomic E-state index is 12.6. The molecule has 2 aromatic rings. The van der Waals surface area contributed by atoms with Gasteiger partial charge in [-0.1, -0.05) is 23.1 Å². The zero-order chi connectivity index (χ0) is 18.6. The van der Waals surface area contributed by atoms with Gasteiger partial charge in [0.25, 0.3) is 10.0 Å². The van der Waals surface area contributed by atoms with Crippen LogP contribution in [0.25, 0.3) is 0 Å². The number of nitrogens with zero attached hydrogens (tertiary/aromatic N) is 2. The number of methoxy groups -OCH3 is 2. The summed E-state index contributed by atoms with van der Waals surface area (Å²) in [5.74, 6) is 0.301. The molecule has 8 nitrogen and oxygen atoms in total. The van der Waals surface area contributed by atoms with Crippen molar-refractivity contribution < 1.29 is 22.7 Å². The van der Waals surface area contributed by atoms with Gasteiger partial charge in [-0.15, -0.1) is 10.2 Å². The number of hydrogen-bond donors (Lipinski definition) is 1. The lowest BCUT2D eigenvalue weighted by Gasteiger charge is -2.13. The molecule has 0 amide bonds. The molecule has 0 bridgehead atoms. The van der Waals surface area contributed by atoms with Crippen LogP contribution in [0.1, 0.15) is 11.1 Å². The third kappa shape index (κ3) is 4.61. The highest BCUT2D eigenvalue weighted by Crippen LogP contribution is 2.30. The van der Waals surface area contributed by atoms with Crippen molar-refractivity contribution in [3.8, 4) is 5.75 Å². The SMILES string of the molecule is COC(=O)CSc1nnc(NS(=O)(=O)c2ccc(OC)c(C)c2C)s1. The van der Waals surface area contributed by atoms with E-state index in [0.29, 0.717) is 15.7 Å². The molecule has 1 aromatic heterocycles. The average molecular weight is 404 g/mol. The summed E-state index contributed by atoms with van der Waals surface area (Å²) in [5, 5.41) is 7.77. The predicted molar refractivity (Wildman–Crippen MR) is 95.9 cm³/mol. The van der Waals surface area contributed by atoms with Gasteiger partial charge in [-0.2, -0.15) is 0 Å². The molecule has 0 aliphatic carbocycles. The number of thioether (sulfide) groups is 1. The molecule has 0 atom stereocenters. The molecule has 1 N–H and O–H groups in total. The molecule has 0 saturated carbocycles. The molecule has 2 rings (SSSR count). The van der Waals surface area contributed by atoms with Gasteiger partial charge in [0.15, 0.2) is 4.34 Å². The fourth-order valence-corrected chi connectivity index (χ4v) is 5.06. The van der Waals surface area contributed by atoms with Crippen LogP contribution < -0.4 is 9.46 Å². The number of benzene rings is 1. The second-order valence-corrected chi connectivity index (χ2v) is 8.71. The first kappa shape index (κ1) is 19.5. The van der Waals surface area contributed by atoms with Crippen LogP contribution in [-0.2, 0) is 19.6 Å². The van der Waals surface area contributed by atoms with Crippen LogP contribution in [0.2, 0.25) is 0 Å². The Balaban J connectivity index is 2.18. The fraction of sp³-hybridized carbons (Fsp3) is 0.357. The molecule has 0 unspecified atom stereocenters. The van der Waals surface area contributed by atoms with Crippen molar-refractivity contribution in [2.45, 2.75) is 23.1 Å². The lowest BCUT2D eigenvalue weighted by atomic mass is 10.1. The fourth-order valence-electron chi connectivity index (χ4n) is 1.94. The predicted octanol–water partition coefficient (Wildman–Crippen LogP) is 2.23. The van der Waals surface area contributed by atoms with Crippen LogP contribution in [0.4, 0.5) is 5.13 Å². The average Bonchev–Trinajstić information content (AvgIpc) is 3.01. The van der Waals surface area contributed by atoms with Gasteiger partial charge in [0.2, 0.25) is 5.13 Å². The Morgan fingerprint density at radius 2 is 1.96 bits per heavy atom. The first-order valence-electron chi connectivity index (χ1n) is 6.98. The monoisotopic (exact) mass is 403 g/mol. The summed E-state index contributed by atoms with van der Waals surface area (Å²) in [5.41, 5.74) is 1.34. The van der Waals surface area contributed by atoms with E-state index in [2.05, 4.69) is 19.7 Å². The lowest BCUT2D eigenvalue weighted by Crippen LogP contribution is -2.14. The van der Waals surface area contributed by atoms with Gasteiger partial charge < -0.3 is 9.47 Å². The summed E-state index contributed by atoms with van der Waals surface area (Å²) in [7, 11) is -0.989. The van der Waals surface area contributed by atoms with E-state index in [-0.39, 0.29) is 15.8 Å². The van der Waals surface area contributed by atoms with Crippen molar-refractivity contribution in [2.24, 2.45) is 0 Å². The van der Waals surface area contributed by atoms with E-state index < -0.39 is 16.0 Å². The van der Waals surface area contributed by atoms with Crippen molar-refractivity contribution >= 4 is 44.2 Å². The molecule has 1 heterocycles. The standard InChI is InChI=1S/C14H17N3O5S3/c1-8-9(2)11(6-5-10(8)21-3)25(19,20)17-13-15-16-14(24-13)23-7-12(18)22-4/h5-6H,7H2,1-4H3,(H,15,17). The Morgan fingerprint density at radius 3 is 2.60 bits per heavy atom. The first-order valence-corrected chi connectivity index (χ1v) is 10.3. The van der Waals surface area contributed by atoms with Crippen molar-refractivity contribution in [3.05, 3.63) is 23.3 Å². The maximum atomic E-state index is 12.6. The van der Waals surface area contributed by atoms with E-state index in [1.165, 1.54) is 20.3 Å². The number of carbonyl (C=O) groups excluding carboxylic acids is 1. The summed E-state index contributed by atoms with van der Waals surface area (Å²) in [6, 6.07) is 3.09. The highest BCUT2D eigenvalue weighted by molar-refractivity contribution is 8.01. The number of hydrogen-bond acceptors (Lipinski definition) is 9. The Labute approximate surface area is 154 Å². The van der Waals surface area contributed by atoms with E-state index in [1.54, 1.807) is 19.9 Å². The highest BCUT2D eigenvalue weighted by atomic mass is 32.2. The van der Waals surface area contributed by atoms with Gasteiger partial charge in [0.05, 0.1) is 24.9 Å². The number of nitrogens with one attached hydrogen (secondary N) is 1. The van der Waals surface area contributed by atoms with Crippen LogP contribution in [0.5, 0.6) is 5.75 Å². The number of carbonyl (C=O) groups is 1. The maximum Gasteiger partial charge on any atom is 0.316 e. The van der Waals surface area contributed by atoms with Gasteiger partial charge >= 0.3 is 5.97 Å². The summed E-state index contributed by atoms with van der Waals surface area (Å²) in [6.45, 7) is 3.50. The van der Waals surface area contributed by atoms with Gasteiger partial charge in [0, 0.05) is 0 Å². The molecule has 136 valence electrons. The molecular weight excluding hydrogens is 386 g/mol. The van der Waals surface area contributed by atoms with E-state index in [4.69, 9.17) is 4.74 Å². The molecule has 0 spiro atoms. The number of anilines is 1. The molecule has 0 aliphatic rings. The summed E-state index contributed by atoms with van der Waals surface area (Å²) >= 11 is 2.17. The molecule has 1 aromatic carbocycles. The summed E-state index contributed by atoms with van der Waals surface area (Å²) in [6.07, 6.45) is 0. The number of aromatic nitrogens is 2. The lowest BCUT2D eigenvalue weighted by molar-refractivity contribution is -0.137. The van der Waals surface area contributed by atoms with Gasteiger partial charge in [-0.25, -0.2) is 8.42 Å². The normalized spacial score (nSPS) is 11.2. The van der Waals surface area contributed by atoms with Crippen LogP contribution in [0.3, 0.4) is 0 Å². The number of ether oxygens (including phenoxy) is 2. The quantitative estimate of drug-likeness (QED) is 0.554. The molecule has 0 aliphatic heterocycles. The zero-order valence-electron chi connectivity index (χ0n) is 14.0. The van der Waals surface area contributed by atoms with E-state index in [9.17, 15) is 13.2 Å². The third-order valence-electron chi connectivity index (χ3n) is 3.37. The largest absolute Gasteiger partial charge is 0.496 e. The van der Waals surface area contributed by atoms with Gasteiger partial charge in [-0.3, -0.25) is 9.52 Å². The smallest absolute Gasteiger partial charge is 0.316 e. The van der Waals surface area contributed by atoms with Crippen LogP contribution in [-0.4, -0.2) is 44.6 Å².